The Balaban J connectivity index is 1.84. The molecule has 0 bridgehead atoms. The van der Waals surface area contributed by atoms with Crippen LogP contribution in [0.4, 0.5) is 0 Å². The SMILES string of the molecule is CC#CC[C@H](N)c1cccc(-c2cc(OCC)c3cnn(-c4cccc(CO)n4)c3c2)n1. The van der Waals surface area contributed by atoms with Gasteiger partial charge in [0.2, 0.25) is 0 Å². The second-order valence-corrected chi connectivity index (χ2v) is 7.23. The van der Waals surface area contributed by atoms with Crippen molar-refractivity contribution in [2.24, 2.45) is 5.73 Å². The van der Waals surface area contributed by atoms with Gasteiger partial charge in [-0.05, 0) is 50.2 Å². The van der Waals surface area contributed by atoms with Gasteiger partial charge in [-0.25, -0.2) is 9.67 Å². The number of aliphatic hydroxyl groups excluding tert-OH is 1. The van der Waals surface area contributed by atoms with Crippen LogP contribution in [0.15, 0.2) is 54.7 Å². The molecular formula is C25H25N5O2. The van der Waals surface area contributed by atoms with Crippen molar-refractivity contribution in [1.82, 2.24) is 19.7 Å². The summed E-state index contributed by atoms with van der Waals surface area (Å²) in [5, 5.41) is 14.9. The standard InChI is InChI=1S/C25H25N5O2/c1-3-5-9-20(26)22-11-7-10-21(29-22)17-13-23-19(24(14-17)32-4-2)15-27-30(23)25-12-6-8-18(16-31)28-25/h6-8,10-15,20,31H,4,9,16,26H2,1-2H3/t20-/m0/s1. The van der Waals surface area contributed by atoms with E-state index in [1.165, 1.54) is 0 Å². The van der Waals surface area contributed by atoms with Crippen molar-refractivity contribution < 1.29 is 9.84 Å². The number of hydrogen-bond acceptors (Lipinski definition) is 6. The summed E-state index contributed by atoms with van der Waals surface area (Å²) < 4.78 is 7.66. The molecule has 0 unspecified atom stereocenters. The third kappa shape index (κ3) is 4.33. The predicted molar refractivity (Wildman–Crippen MR) is 124 cm³/mol. The quantitative estimate of drug-likeness (QED) is 0.436. The first kappa shape index (κ1) is 21.5. The summed E-state index contributed by atoms with van der Waals surface area (Å²) in [5.41, 5.74) is 10.1. The van der Waals surface area contributed by atoms with E-state index in [0.717, 1.165) is 33.6 Å². The van der Waals surface area contributed by atoms with Gasteiger partial charge in [0.25, 0.3) is 0 Å². The van der Waals surface area contributed by atoms with E-state index in [1.807, 2.05) is 49.4 Å². The minimum absolute atomic E-state index is 0.137. The van der Waals surface area contributed by atoms with Gasteiger partial charge in [-0.2, -0.15) is 5.10 Å². The van der Waals surface area contributed by atoms with Crippen LogP contribution in [0.1, 0.15) is 37.7 Å². The number of rotatable bonds is 7. The number of pyridine rings is 2. The molecule has 3 aromatic heterocycles. The number of hydrogen-bond donors (Lipinski definition) is 2. The van der Waals surface area contributed by atoms with E-state index in [0.29, 0.717) is 24.5 Å². The lowest BCUT2D eigenvalue weighted by atomic mass is 10.1. The zero-order valence-corrected chi connectivity index (χ0v) is 18.1. The maximum absolute atomic E-state index is 9.47. The van der Waals surface area contributed by atoms with Gasteiger partial charge in [0.1, 0.15) is 5.75 Å². The molecule has 1 aromatic carbocycles. The molecule has 0 amide bonds. The van der Waals surface area contributed by atoms with Crippen LogP contribution in [0.5, 0.6) is 5.75 Å². The first-order chi connectivity index (χ1) is 15.6. The first-order valence-electron chi connectivity index (χ1n) is 10.5. The molecule has 4 aromatic rings. The lowest BCUT2D eigenvalue weighted by molar-refractivity contribution is 0.276. The molecule has 7 nitrogen and oxygen atoms in total. The third-order valence-corrected chi connectivity index (χ3v) is 5.07. The number of aliphatic hydroxyl groups is 1. The third-order valence-electron chi connectivity index (χ3n) is 5.07. The fourth-order valence-corrected chi connectivity index (χ4v) is 3.51. The fourth-order valence-electron chi connectivity index (χ4n) is 3.51. The number of ether oxygens (including phenoxy) is 1. The molecule has 3 N–H and O–H groups in total. The lowest BCUT2D eigenvalue weighted by Crippen LogP contribution is -2.11. The van der Waals surface area contributed by atoms with Crippen LogP contribution in [-0.4, -0.2) is 31.5 Å². The van der Waals surface area contributed by atoms with Crippen molar-refractivity contribution in [3.63, 3.8) is 0 Å². The Labute approximate surface area is 186 Å². The van der Waals surface area contributed by atoms with Gasteiger partial charge in [0.15, 0.2) is 5.82 Å². The number of nitrogens with two attached hydrogens (primary N) is 1. The molecule has 3 heterocycles. The second-order valence-electron chi connectivity index (χ2n) is 7.23. The molecule has 0 aliphatic carbocycles. The van der Waals surface area contributed by atoms with Gasteiger partial charge in [-0.3, -0.25) is 4.98 Å². The van der Waals surface area contributed by atoms with Gasteiger partial charge >= 0.3 is 0 Å². The van der Waals surface area contributed by atoms with Gasteiger partial charge in [-0.1, -0.05) is 12.1 Å². The van der Waals surface area contributed by atoms with Crippen molar-refractivity contribution >= 4 is 10.9 Å². The van der Waals surface area contributed by atoms with E-state index < -0.39 is 0 Å². The Morgan fingerprint density at radius 3 is 2.78 bits per heavy atom. The molecule has 162 valence electrons. The van der Waals surface area contributed by atoms with Crippen molar-refractivity contribution in [1.29, 1.82) is 0 Å². The van der Waals surface area contributed by atoms with Crippen LogP contribution in [0.2, 0.25) is 0 Å². The summed E-state index contributed by atoms with van der Waals surface area (Å²) in [7, 11) is 0. The topological polar surface area (TPSA) is 99.1 Å². The van der Waals surface area contributed by atoms with Gasteiger partial charge in [0, 0.05) is 12.0 Å². The smallest absolute Gasteiger partial charge is 0.154 e. The molecule has 0 spiro atoms. The van der Waals surface area contributed by atoms with Crippen LogP contribution < -0.4 is 10.5 Å². The molecular weight excluding hydrogens is 402 g/mol. The Kier molecular flexibility index (Phi) is 6.45. The molecule has 0 radical (unpaired) electrons. The second kappa shape index (κ2) is 9.60. The highest BCUT2D eigenvalue weighted by atomic mass is 16.5. The molecule has 4 rings (SSSR count). The highest BCUT2D eigenvalue weighted by Gasteiger charge is 2.15. The fraction of sp³-hybridized carbons (Fsp3) is 0.240. The summed E-state index contributed by atoms with van der Waals surface area (Å²) in [6.07, 6.45) is 2.32. The average molecular weight is 428 g/mol. The molecule has 0 aliphatic heterocycles. The monoisotopic (exact) mass is 427 g/mol. The van der Waals surface area contributed by atoms with E-state index >= 15 is 0 Å². The highest BCUT2D eigenvalue weighted by molar-refractivity contribution is 5.90. The largest absolute Gasteiger partial charge is 0.493 e. The van der Waals surface area contributed by atoms with E-state index in [1.54, 1.807) is 23.9 Å². The van der Waals surface area contributed by atoms with E-state index in [4.69, 9.17) is 15.5 Å². The average Bonchev–Trinajstić information content (AvgIpc) is 3.27. The Hall–Kier alpha value is -3.73. The molecule has 7 heteroatoms. The predicted octanol–water partition coefficient (Wildman–Crippen LogP) is 3.79. The molecule has 0 saturated heterocycles. The number of fused-ring (bicyclic) bond motifs is 1. The van der Waals surface area contributed by atoms with E-state index in [9.17, 15) is 5.11 Å². The number of benzene rings is 1. The van der Waals surface area contributed by atoms with E-state index in [2.05, 4.69) is 21.9 Å². The lowest BCUT2D eigenvalue weighted by Gasteiger charge is -2.12. The molecule has 1 atom stereocenters. The maximum atomic E-state index is 9.47. The first-order valence-corrected chi connectivity index (χ1v) is 10.5. The minimum atomic E-state index is -0.256. The Bertz CT molecular complexity index is 1300. The van der Waals surface area contributed by atoms with Crippen LogP contribution in [0.3, 0.4) is 0 Å². The normalized spacial score (nSPS) is 11.8. The summed E-state index contributed by atoms with van der Waals surface area (Å²) in [6, 6.07) is 15.0. The molecule has 0 aliphatic rings. The van der Waals surface area contributed by atoms with Crippen molar-refractivity contribution in [2.45, 2.75) is 32.9 Å². The van der Waals surface area contributed by atoms with Crippen molar-refractivity contribution in [2.75, 3.05) is 6.61 Å². The molecule has 32 heavy (non-hydrogen) atoms. The zero-order chi connectivity index (χ0) is 22.5. The van der Waals surface area contributed by atoms with Crippen molar-refractivity contribution in [3.05, 3.63) is 66.1 Å². The zero-order valence-electron chi connectivity index (χ0n) is 18.1. The summed E-state index contributed by atoms with van der Waals surface area (Å²) >= 11 is 0. The number of nitrogens with zero attached hydrogens (tertiary/aromatic N) is 4. The van der Waals surface area contributed by atoms with Crippen LogP contribution in [-0.2, 0) is 6.61 Å². The van der Waals surface area contributed by atoms with Gasteiger partial charge in [-0.15, -0.1) is 11.8 Å². The van der Waals surface area contributed by atoms with Gasteiger partial charge < -0.3 is 15.6 Å². The summed E-state index contributed by atoms with van der Waals surface area (Å²) in [4.78, 5) is 9.28. The van der Waals surface area contributed by atoms with E-state index in [-0.39, 0.29) is 12.6 Å². The van der Waals surface area contributed by atoms with Crippen LogP contribution in [0.25, 0.3) is 28.0 Å². The van der Waals surface area contributed by atoms with Crippen LogP contribution >= 0.6 is 0 Å². The van der Waals surface area contributed by atoms with Crippen molar-refractivity contribution in [3.8, 4) is 34.7 Å². The Morgan fingerprint density at radius 2 is 2.00 bits per heavy atom. The summed E-state index contributed by atoms with van der Waals surface area (Å²) in [6.45, 7) is 4.13. The van der Waals surface area contributed by atoms with Gasteiger partial charge in [0.05, 0.1) is 53.4 Å². The molecule has 0 fully saturated rings. The molecule has 0 saturated carbocycles. The minimum Gasteiger partial charge on any atom is -0.493 e. The Morgan fingerprint density at radius 1 is 1.16 bits per heavy atom. The highest BCUT2D eigenvalue weighted by Crippen LogP contribution is 2.33. The number of aromatic nitrogens is 4. The maximum Gasteiger partial charge on any atom is 0.154 e. The summed E-state index contributed by atoms with van der Waals surface area (Å²) in [5.74, 6) is 7.23. The van der Waals surface area contributed by atoms with Crippen LogP contribution in [0, 0.1) is 11.8 Å².